The van der Waals surface area contributed by atoms with Gasteiger partial charge in [0.2, 0.25) is 0 Å². The SMILES string of the molecule is O=C(CSc1nccc(=O)[nH]1)c1ccc(Br)s1. The number of hydrogen-bond donors (Lipinski definition) is 1. The first-order valence-electron chi connectivity index (χ1n) is 4.62. The third-order valence-electron chi connectivity index (χ3n) is 1.84. The van der Waals surface area contributed by atoms with Crippen molar-refractivity contribution in [3.8, 4) is 0 Å². The maximum atomic E-state index is 11.8. The Morgan fingerprint density at radius 2 is 2.29 bits per heavy atom. The summed E-state index contributed by atoms with van der Waals surface area (Å²) in [5.41, 5.74) is -0.214. The van der Waals surface area contributed by atoms with Crippen LogP contribution >= 0.6 is 39.0 Å². The number of ketones is 1. The third-order valence-corrected chi connectivity index (χ3v) is 4.39. The van der Waals surface area contributed by atoms with Crippen LogP contribution < -0.4 is 5.56 Å². The zero-order valence-corrected chi connectivity index (χ0v) is 11.7. The number of thiophene rings is 1. The maximum absolute atomic E-state index is 11.8. The lowest BCUT2D eigenvalue weighted by molar-refractivity contribution is 0.102. The normalized spacial score (nSPS) is 10.4. The predicted octanol–water partition coefficient (Wildman–Crippen LogP) is 2.57. The molecule has 0 aromatic carbocycles. The number of aromatic nitrogens is 2. The summed E-state index contributed by atoms with van der Waals surface area (Å²) < 4.78 is 0.928. The number of aromatic amines is 1. The van der Waals surface area contributed by atoms with Crippen LogP contribution in [0.4, 0.5) is 0 Å². The highest BCUT2D eigenvalue weighted by atomic mass is 79.9. The Hall–Kier alpha value is -0.920. The summed E-state index contributed by atoms with van der Waals surface area (Å²) in [6, 6.07) is 4.95. The maximum Gasteiger partial charge on any atom is 0.251 e. The minimum Gasteiger partial charge on any atom is -0.301 e. The molecule has 0 fully saturated rings. The van der Waals surface area contributed by atoms with Gasteiger partial charge in [0, 0.05) is 12.3 Å². The lowest BCUT2D eigenvalue weighted by atomic mass is 10.4. The Morgan fingerprint density at radius 3 is 2.94 bits per heavy atom. The zero-order valence-electron chi connectivity index (χ0n) is 8.47. The Bertz CT molecular complexity index is 594. The van der Waals surface area contributed by atoms with Crippen LogP contribution in [0.15, 0.2) is 38.1 Å². The molecule has 0 aliphatic carbocycles. The number of hydrogen-bond acceptors (Lipinski definition) is 5. The Labute approximate surface area is 114 Å². The molecule has 88 valence electrons. The van der Waals surface area contributed by atoms with Crippen molar-refractivity contribution in [3.63, 3.8) is 0 Å². The highest BCUT2D eigenvalue weighted by Gasteiger charge is 2.09. The predicted molar refractivity (Wildman–Crippen MR) is 71.9 cm³/mol. The molecule has 2 heterocycles. The van der Waals surface area contributed by atoms with E-state index in [4.69, 9.17) is 0 Å². The molecule has 0 saturated carbocycles. The first kappa shape index (κ1) is 12.5. The van der Waals surface area contributed by atoms with E-state index in [1.54, 1.807) is 6.07 Å². The molecule has 0 spiro atoms. The van der Waals surface area contributed by atoms with Crippen molar-refractivity contribution < 1.29 is 4.79 Å². The van der Waals surface area contributed by atoms with E-state index in [0.717, 1.165) is 3.79 Å². The van der Waals surface area contributed by atoms with Gasteiger partial charge in [-0.15, -0.1) is 11.3 Å². The van der Waals surface area contributed by atoms with Crippen molar-refractivity contribution in [2.24, 2.45) is 0 Å². The summed E-state index contributed by atoms with van der Waals surface area (Å²) in [6.07, 6.45) is 1.42. The van der Waals surface area contributed by atoms with E-state index < -0.39 is 0 Å². The molecular weight excluding hydrogens is 324 g/mol. The van der Waals surface area contributed by atoms with E-state index >= 15 is 0 Å². The molecule has 2 rings (SSSR count). The van der Waals surface area contributed by atoms with E-state index in [1.165, 1.54) is 35.4 Å². The summed E-state index contributed by atoms with van der Waals surface area (Å²) >= 11 is 5.92. The summed E-state index contributed by atoms with van der Waals surface area (Å²) in [7, 11) is 0. The molecule has 2 aromatic heterocycles. The van der Waals surface area contributed by atoms with Crippen LogP contribution in [0.3, 0.4) is 0 Å². The van der Waals surface area contributed by atoms with Gasteiger partial charge in [-0.1, -0.05) is 11.8 Å². The van der Waals surface area contributed by atoms with E-state index in [9.17, 15) is 9.59 Å². The average Bonchev–Trinajstić information content (AvgIpc) is 2.73. The van der Waals surface area contributed by atoms with Gasteiger partial charge in [0.15, 0.2) is 10.9 Å². The van der Waals surface area contributed by atoms with E-state index in [2.05, 4.69) is 25.9 Å². The quantitative estimate of drug-likeness (QED) is 0.531. The van der Waals surface area contributed by atoms with Crippen LogP contribution in [0.25, 0.3) is 0 Å². The fourth-order valence-corrected chi connectivity index (χ4v) is 3.24. The van der Waals surface area contributed by atoms with Crippen LogP contribution in [0.2, 0.25) is 0 Å². The number of thioether (sulfide) groups is 1. The first-order valence-corrected chi connectivity index (χ1v) is 7.21. The first-order chi connectivity index (χ1) is 8.15. The summed E-state index contributed by atoms with van der Waals surface area (Å²) in [4.78, 5) is 30.0. The lowest BCUT2D eigenvalue weighted by Crippen LogP contribution is -2.07. The number of carbonyl (C=O) groups excluding carboxylic acids is 1. The second kappa shape index (κ2) is 5.61. The number of H-pyrrole nitrogens is 1. The van der Waals surface area contributed by atoms with Crippen LogP contribution in [-0.4, -0.2) is 21.5 Å². The highest BCUT2D eigenvalue weighted by molar-refractivity contribution is 9.11. The molecule has 1 N–H and O–H groups in total. The minimum atomic E-state index is -0.214. The van der Waals surface area contributed by atoms with Crippen molar-refractivity contribution in [3.05, 3.63) is 43.4 Å². The molecule has 17 heavy (non-hydrogen) atoms. The number of carbonyl (C=O) groups is 1. The molecule has 0 saturated heterocycles. The molecule has 0 unspecified atom stereocenters. The van der Waals surface area contributed by atoms with Crippen molar-refractivity contribution >= 4 is 44.8 Å². The van der Waals surface area contributed by atoms with Gasteiger partial charge in [-0.25, -0.2) is 4.98 Å². The zero-order chi connectivity index (χ0) is 12.3. The van der Waals surface area contributed by atoms with Crippen molar-refractivity contribution in [2.75, 3.05) is 5.75 Å². The van der Waals surface area contributed by atoms with Gasteiger partial charge in [-0.2, -0.15) is 0 Å². The second-order valence-corrected chi connectivity index (χ2v) is 6.48. The van der Waals surface area contributed by atoms with E-state index in [-0.39, 0.29) is 17.1 Å². The Morgan fingerprint density at radius 1 is 1.47 bits per heavy atom. The van der Waals surface area contributed by atoms with Crippen LogP contribution in [0.1, 0.15) is 9.67 Å². The number of nitrogens with one attached hydrogen (secondary N) is 1. The summed E-state index contributed by atoms with van der Waals surface area (Å²) in [6.45, 7) is 0. The Kier molecular flexibility index (Phi) is 4.14. The molecule has 2 aromatic rings. The van der Waals surface area contributed by atoms with Gasteiger partial charge >= 0.3 is 0 Å². The van der Waals surface area contributed by atoms with Crippen molar-refractivity contribution in [1.29, 1.82) is 0 Å². The molecule has 7 heteroatoms. The minimum absolute atomic E-state index is 0.0252. The number of Topliss-reactive ketones (excluding diaryl/α,β-unsaturated/α-hetero) is 1. The fraction of sp³-hybridized carbons (Fsp3) is 0.100. The highest BCUT2D eigenvalue weighted by Crippen LogP contribution is 2.24. The lowest BCUT2D eigenvalue weighted by Gasteiger charge is -1.97. The van der Waals surface area contributed by atoms with Gasteiger partial charge in [0.1, 0.15) is 0 Å². The smallest absolute Gasteiger partial charge is 0.251 e. The second-order valence-electron chi connectivity index (χ2n) is 3.05. The topological polar surface area (TPSA) is 62.8 Å². The largest absolute Gasteiger partial charge is 0.301 e. The van der Waals surface area contributed by atoms with Crippen LogP contribution in [0.5, 0.6) is 0 Å². The van der Waals surface area contributed by atoms with Crippen LogP contribution in [0, 0.1) is 0 Å². The molecule has 4 nitrogen and oxygen atoms in total. The molecule has 0 atom stereocenters. The van der Waals surface area contributed by atoms with Crippen LogP contribution in [-0.2, 0) is 0 Å². The molecule has 0 bridgehead atoms. The van der Waals surface area contributed by atoms with E-state index in [1.807, 2.05) is 6.07 Å². The van der Waals surface area contributed by atoms with Gasteiger partial charge < -0.3 is 4.98 Å². The summed E-state index contributed by atoms with van der Waals surface area (Å²) in [5, 5.41) is 0.460. The van der Waals surface area contributed by atoms with Crippen molar-refractivity contribution in [1.82, 2.24) is 9.97 Å². The van der Waals surface area contributed by atoms with Gasteiger partial charge in [-0.3, -0.25) is 9.59 Å². The van der Waals surface area contributed by atoms with Crippen molar-refractivity contribution in [2.45, 2.75) is 5.16 Å². The fourth-order valence-electron chi connectivity index (χ4n) is 1.09. The Balaban J connectivity index is 1.99. The molecule has 0 aliphatic rings. The monoisotopic (exact) mass is 330 g/mol. The number of rotatable bonds is 4. The number of halogens is 1. The average molecular weight is 331 g/mol. The van der Waals surface area contributed by atoms with Gasteiger partial charge in [0.25, 0.3) is 5.56 Å². The van der Waals surface area contributed by atoms with Gasteiger partial charge in [0.05, 0.1) is 14.4 Å². The van der Waals surface area contributed by atoms with E-state index in [0.29, 0.717) is 10.0 Å². The standard InChI is InChI=1S/C10H7BrN2O2S2/c11-8-2-1-7(17-8)6(14)5-16-10-12-4-3-9(15)13-10/h1-4H,5H2,(H,12,13,15). The molecule has 0 amide bonds. The third kappa shape index (κ3) is 3.52. The van der Waals surface area contributed by atoms with Gasteiger partial charge in [-0.05, 0) is 28.1 Å². The number of nitrogens with zero attached hydrogens (tertiary/aromatic N) is 1. The molecule has 0 radical (unpaired) electrons. The summed E-state index contributed by atoms with van der Waals surface area (Å²) in [5.74, 6) is 0.289. The molecule has 0 aliphatic heterocycles. The molecular formula is C10H7BrN2O2S2.